The maximum atomic E-state index is 13.1. The van der Waals surface area contributed by atoms with Crippen molar-refractivity contribution in [3.8, 4) is 11.5 Å². The first kappa shape index (κ1) is 20.3. The van der Waals surface area contributed by atoms with E-state index in [1.165, 1.54) is 0 Å². The first-order valence-corrected chi connectivity index (χ1v) is 10.9. The zero-order valence-electron chi connectivity index (χ0n) is 17.8. The van der Waals surface area contributed by atoms with Crippen LogP contribution in [0.3, 0.4) is 0 Å². The van der Waals surface area contributed by atoms with Crippen molar-refractivity contribution in [2.75, 3.05) is 41.8 Å². The highest BCUT2D eigenvalue weighted by molar-refractivity contribution is 6.04. The summed E-state index contributed by atoms with van der Waals surface area (Å²) in [5, 5.41) is 5.46. The van der Waals surface area contributed by atoms with Crippen LogP contribution in [0.25, 0.3) is 0 Å². The van der Waals surface area contributed by atoms with Gasteiger partial charge in [0, 0.05) is 31.3 Å². The van der Waals surface area contributed by atoms with E-state index < -0.39 is 17.4 Å². The number of anilines is 3. The number of piperidine rings is 1. The third-order valence-electron chi connectivity index (χ3n) is 6.02. The van der Waals surface area contributed by atoms with Gasteiger partial charge in [-0.15, -0.1) is 0 Å². The molecular formula is C22H25N5O5. The fourth-order valence-corrected chi connectivity index (χ4v) is 4.47. The van der Waals surface area contributed by atoms with E-state index in [9.17, 15) is 14.4 Å². The molecule has 0 radical (unpaired) electrons. The second-order valence-electron chi connectivity index (χ2n) is 8.50. The van der Waals surface area contributed by atoms with Crippen molar-refractivity contribution in [3.63, 3.8) is 0 Å². The summed E-state index contributed by atoms with van der Waals surface area (Å²) in [7, 11) is 0. The highest BCUT2D eigenvalue weighted by Gasteiger charge is 2.35. The van der Waals surface area contributed by atoms with Gasteiger partial charge in [0.05, 0.1) is 11.5 Å². The molecule has 3 N–H and O–H groups in total. The lowest BCUT2D eigenvalue weighted by molar-refractivity contribution is -0.123. The molecule has 0 bridgehead atoms. The Hall–Kier alpha value is -3.56. The summed E-state index contributed by atoms with van der Waals surface area (Å²) in [6, 6.07) is 5.07. The topological polar surface area (TPSA) is 126 Å². The number of rotatable bonds is 3. The number of nitrogens with one attached hydrogen (secondary N) is 3. The third-order valence-corrected chi connectivity index (χ3v) is 6.02. The first-order chi connectivity index (χ1) is 15.5. The van der Waals surface area contributed by atoms with E-state index in [1.807, 2.05) is 4.90 Å². The molecule has 168 valence electrons. The maximum Gasteiger partial charge on any atom is 0.258 e. The summed E-state index contributed by atoms with van der Waals surface area (Å²) in [6.07, 6.45) is 2.01. The average molecular weight is 439 g/mol. The summed E-state index contributed by atoms with van der Waals surface area (Å²) in [5.41, 5.74) is 0.258. The van der Waals surface area contributed by atoms with Gasteiger partial charge in [-0.3, -0.25) is 19.4 Å². The van der Waals surface area contributed by atoms with Crippen molar-refractivity contribution in [2.45, 2.75) is 32.1 Å². The van der Waals surface area contributed by atoms with Crippen molar-refractivity contribution in [1.82, 2.24) is 9.97 Å². The van der Waals surface area contributed by atoms with Crippen LogP contribution in [0.5, 0.6) is 11.5 Å². The molecule has 0 spiro atoms. The second-order valence-corrected chi connectivity index (χ2v) is 8.50. The molecule has 1 saturated heterocycles. The minimum atomic E-state index is -0.947. The standard InChI is InChI=1S/C22H25N5O5/c1-12-3-2-6-27(11-12)22-25-19-18(21(30)26-22)14(10-17(28)24-19)20(29)23-13-4-5-15-16(9-13)32-8-7-31-15/h4-5,9,12,14H,2-3,6-8,10-11H2,1H3,(H,23,29)(H2,24,25,26,28,30)/t12-,14-/m1/s1. The fourth-order valence-electron chi connectivity index (χ4n) is 4.47. The molecule has 2 amide bonds. The van der Waals surface area contributed by atoms with Crippen LogP contribution in [0.4, 0.5) is 17.5 Å². The highest BCUT2D eigenvalue weighted by atomic mass is 16.6. The Morgan fingerprint density at radius 1 is 1.22 bits per heavy atom. The highest BCUT2D eigenvalue weighted by Crippen LogP contribution is 2.34. The number of carbonyl (C=O) groups excluding carboxylic acids is 2. The number of nitrogens with zero attached hydrogens (tertiary/aromatic N) is 2. The van der Waals surface area contributed by atoms with Gasteiger partial charge in [0.1, 0.15) is 19.0 Å². The molecular weight excluding hydrogens is 414 g/mol. The van der Waals surface area contributed by atoms with Crippen LogP contribution in [0.2, 0.25) is 0 Å². The summed E-state index contributed by atoms with van der Waals surface area (Å²) < 4.78 is 11.0. The van der Waals surface area contributed by atoms with Crippen LogP contribution in [0.1, 0.15) is 37.7 Å². The molecule has 5 rings (SSSR count). The minimum Gasteiger partial charge on any atom is -0.486 e. The molecule has 10 nitrogen and oxygen atoms in total. The number of hydrogen-bond donors (Lipinski definition) is 3. The van der Waals surface area contributed by atoms with Gasteiger partial charge < -0.3 is 25.0 Å². The SMILES string of the molecule is C[C@@H]1CCCN(c2nc3c(c(=O)[nH]2)[C@H](C(=O)Nc2ccc4c(c2)OCCO4)CC(=O)N3)C1. The Morgan fingerprint density at radius 3 is 2.84 bits per heavy atom. The van der Waals surface area contributed by atoms with E-state index in [1.54, 1.807) is 18.2 Å². The minimum absolute atomic E-state index is 0.131. The molecule has 1 aromatic heterocycles. The molecule has 4 heterocycles. The summed E-state index contributed by atoms with van der Waals surface area (Å²) in [4.78, 5) is 47.7. The van der Waals surface area contributed by atoms with Crippen molar-refractivity contribution in [3.05, 3.63) is 34.1 Å². The molecule has 3 aliphatic heterocycles. The van der Waals surface area contributed by atoms with Crippen LogP contribution in [-0.2, 0) is 9.59 Å². The van der Waals surface area contributed by atoms with Crippen molar-refractivity contribution < 1.29 is 19.1 Å². The predicted molar refractivity (Wildman–Crippen MR) is 118 cm³/mol. The number of ether oxygens (including phenoxy) is 2. The summed E-state index contributed by atoms with van der Waals surface area (Å²) in [5.74, 6) is 0.462. The third kappa shape index (κ3) is 3.88. The molecule has 32 heavy (non-hydrogen) atoms. The van der Waals surface area contributed by atoms with Crippen molar-refractivity contribution >= 4 is 29.3 Å². The van der Waals surface area contributed by atoms with E-state index in [4.69, 9.17) is 9.47 Å². The Morgan fingerprint density at radius 2 is 2.03 bits per heavy atom. The molecule has 0 unspecified atom stereocenters. The van der Waals surface area contributed by atoms with Gasteiger partial charge in [0.25, 0.3) is 5.56 Å². The second kappa shape index (κ2) is 8.18. The lowest BCUT2D eigenvalue weighted by Gasteiger charge is -2.32. The predicted octanol–water partition coefficient (Wildman–Crippen LogP) is 1.84. The number of benzene rings is 1. The molecule has 10 heteroatoms. The van der Waals surface area contributed by atoms with Gasteiger partial charge in [-0.05, 0) is 30.9 Å². The molecule has 2 atom stereocenters. The van der Waals surface area contributed by atoms with E-state index >= 15 is 0 Å². The molecule has 1 aromatic carbocycles. The van der Waals surface area contributed by atoms with Gasteiger partial charge >= 0.3 is 0 Å². The first-order valence-electron chi connectivity index (χ1n) is 10.9. The molecule has 0 aliphatic carbocycles. The zero-order valence-corrected chi connectivity index (χ0v) is 17.8. The Bertz CT molecular complexity index is 1130. The van der Waals surface area contributed by atoms with Crippen LogP contribution in [0, 0.1) is 5.92 Å². The van der Waals surface area contributed by atoms with Crippen LogP contribution >= 0.6 is 0 Å². The number of carbonyl (C=O) groups is 2. The average Bonchev–Trinajstić information content (AvgIpc) is 2.78. The Balaban J connectivity index is 1.42. The van der Waals surface area contributed by atoms with E-state index in [2.05, 4.69) is 27.5 Å². The van der Waals surface area contributed by atoms with Crippen LogP contribution in [-0.4, -0.2) is 48.1 Å². The van der Waals surface area contributed by atoms with Gasteiger partial charge in [-0.2, -0.15) is 4.98 Å². The van der Waals surface area contributed by atoms with Crippen molar-refractivity contribution in [1.29, 1.82) is 0 Å². The monoisotopic (exact) mass is 439 g/mol. The molecule has 3 aliphatic rings. The number of H-pyrrole nitrogens is 1. The largest absolute Gasteiger partial charge is 0.486 e. The van der Waals surface area contributed by atoms with Crippen LogP contribution < -0.4 is 30.6 Å². The van der Waals surface area contributed by atoms with Gasteiger partial charge in [-0.1, -0.05) is 6.92 Å². The van der Waals surface area contributed by atoms with Gasteiger partial charge in [-0.25, -0.2) is 0 Å². The number of hydrogen-bond acceptors (Lipinski definition) is 7. The van der Waals surface area contributed by atoms with Gasteiger partial charge in [0.15, 0.2) is 11.5 Å². The lowest BCUT2D eigenvalue weighted by atomic mass is 9.92. The number of fused-ring (bicyclic) bond motifs is 2. The van der Waals surface area contributed by atoms with Gasteiger partial charge in [0.2, 0.25) is 17.8 Å². The molecule has 2 aromatic rings. The number of amides is 2. The number of aromatic amines is 1. The Kier molecular flexibility index (Phi) is 5.20. The molecule has 1 fully saturated rings. The Labute approximate surface area is 184 Å². The van der Waals surface area contributed by atoms with Crippen LogP contribution in [0.15, 0.2) is 23.0 Å². The smallest absolute Gasteiger partial charge is 0.258 e. The number of aromatic nitrogens is 2. The summed E-state index contributed by atoms with van der Waals surface area (Å²) >= 11 is 0. The van der Waals surface area contributed by atoms with Crippen molar-refractivity contribution in [2.24, 2.45) is 5.92 Å². The van der Waals surface area contributed by atoms with E-state index in [-0.39, 0.29) is 23.7 Å². The molecule has 0 saturated carbocycles. The zero-order chi connectivity index (χ0) is 22.2. The quantitative estimate of drug-likeness (QED) is 0.666. The van der Waals surface area contributed by atoms with E-state index in [0.29, 0.717) is 42.3 Å². The van der Waals surface area contributed by atoms with E-state index in [0.717, 1.165) is 25.9 Å². The maximum absolute atomic E-state index is 13.1. The lowest BCUT2D eigenvalue weighted by Crippen LogP contribution is -2.40. The normalized spacial score (nSPS) is 22.0. The summed E-state index contributed by atoms with van der Waals surface area (Å²) in [6.45, 7) is 4.63. The fraction of sp³-hybridized carbons (Fsp3) is 0.455.